The van der Waals surface area contributed by atoms with Gasteiger partial charge in [0.25, 0.3) is 0 Å². The minimum absolute atomic E-state index is 0.0890. The smallest absolute Gasteiger partial charge is 0.370 e. The monoisotopic (exact) mass is 347 g/mol. The lowest BCUT2D eigenvalue weighted by Crippen LogP contribution is -2.30. The van der Waals surface area contributed by atoms with Gasteiger partial charge >= 0.3 is 6.18 Å². The Hall–Kier alpha value is -2.34. The van der Waals surface area contributed by atoms with E-state index in [1.165, 1.54) is 6.07 Å². The molecule has 0 bridgehead atoms. The van der Waals surface area contributed by atoms with E-state index in [0.29, 0.717) is 18.7 Å². The highest BCUT2D eigenvalue weighted by Crippen LogP contribution is 2.43. The van der Waals surface area contributed by atoms with E-state index in [2.05, 4.69) is 0 Å². The van der Waals surface area contributed by atoms with Crippen molar-refractivity contribution in [3.8, 4) is 0 Å². The first-order valence-electron chi connectivity index (χ1n) is 8.08. The van der Waals surface area contributed by atoms with Crippen LogP contribution in [0.25, 0.3) is 0 Å². The third-order valence-corrected chi connectivity index (χ3v) is 4.86. The zero-order valence-corrected chi connectivity index (χ0v) is 13.3. The zero-order chi connectivity index (χ0) is 17.6. The lowest BCUT2D eigenvalue weighted by Gasteiger charge is -2.28. The van der Waals surface area contributed by atoms with Gasteiger partial charge in [0.05, 0.1) is 24.2 Å². The Morgan fingerprint density at radius 1 is 1.08 bits per heavy atom. The maximum atomic E-state index is 13.2. The molecule has 130 valence electrons. The molecule has 6 heteroatoms. The first kappa shape index (κ1) is 16.1. The van der Waals surface area contributed by atoms with Crippen LogP contribution >= 0.6 is 0 Å². The SMILES string of the molecule is O=C1[C@@H]2c3cccc(C(F)(F)F)c3CO[C@H]2CN1Cc1ccccc1. The number of carbonyl (C=O) groups is 1. The number of halogens is 3. The molecule has 0 saturated carbocycles. The zero-order valence-electron chi connectivity index (χ0n) is 13.3. The third kappa shape index (κ3) is 2.80. The molecular formula is C19H16F3NO2. The van der Waals surface area contributed by atoms with Gasteiger partial charge in [0, 0.05) is 13.1 Å². The molecule has 2 atom stereocenters. The number of amides is 1. The van der Waals surface area contributed by atoms with Crippen molar-refractivity contribution in [1.29, 1.82) is 0 Å². The van der Waals surface area contributed by atoms with Gasteiger partial charge in [-0.3, -0.25) is 4.79 Å². The average Bonchev–Trinajstić information content (AvgIpc) is 2.91. The van der Waals surface area contributed by atoms with E-state index in [1.807, 2.05) is 30.3 Å². The van der Waals surface area contributed by atoms with Crippen LogP contribution in [0.2, 0.25) is 0 Å². The van der Waals surface area contributed by atoms with Crippen molar-refractivity contribution in [2.75, 3.05) is 6.54 Å². The Bertz CT molecular complexity index is 804. The van der Waals surface area contributed by atoms with Crippen LogP contribution in [0, 0.1) is 0 Å². The van der Waals surface area contributed by atoms with Crippen LogP contribution in [0.4, 0.5) is 13.2 Å². The van der Waals surface area contributed by atoms with Crippen LogP contribution in [-0.4, -0.2) is 23.5 Å². The first-order chi connectivity index (χ1) is 11.9. The predicted octanol–water partition coefficient (Wildman–Crippen LogP) is 3.73. The molecule has 1 saturated heterocycles. The second-order valence-corrected chi connectivity index (χ2v) is 6.40. The van der Waals surface area contributed by atoms with Gasteiger partial charge in [-0.2, -0.15) is 13.2 Å². The molecule has 3 nitrogen and oxygen atoms in total. The van der Waals surface area contributed by atoms with Gasteiger partial charge in [0.2, 0.25) is 5.91 Å². The van der Waals surface area contributed by atoms with Gasteiger partial charge in [0.1, 0.15) is 0 Å². The second kappa shape index (κ2) is 5.88. The van der Waals surface area contributed by atoms with E-state index in [4.69, 9.17) is 4.74 Å². The summed E-state index contributed by atoms with van der Waals surface area (Å²) in [5.74, 6) is -0.830. The molecule has 1 amide bonds. The Kier molecular flexibility index (Phi) is 3.80. The summed E-state index contributed by atoms with van der Waals surface area (Å²) in [6, 6.07) is 13.6. The van der Waals surface area contributed by atoms with Gasteiger partial charge < -0.3 is 9.64 Å². The number of nitrogens with zero attached hydrogens (tertiary/aromatic N) is 1. The van der Waals surface area contributed by atoms with E-state index in [9.17, 15) is 18.0 Å². The summed E-state index contributed by atoms with van der Waals surface area (Å²) in [4.78, 5) is 14.5. The Labute approximate surface area is 143 Å². The van der Waals surface area contributed by atoms with E-state index >= 15 is 0 Å². The molecule has 0 radical (unpaired) electrons. The summed E-state index contributed by atoms with van der Waals surface area (Å²) in [6.07, 6.45) is -4.85. The number of likely N-dealkylation sites (tertiary alicyclic amines) is 1. The maximum Gasteiger partial charge on any atom is 0.416 e. The highest BCUT2D eigenvalue weighted by molar-refractivity contribution is 5.87. The number of fused-ring (bicyclic) bond motifs is 3. The minimum Gasteiger partial charge on any atom is -0.370 e. The molecule has 2 aromatic carbocycles. The van der Waals surface area contributed by atoms with Crippen molar-refractivity contribution < 1.29 is 22.7 Å². The molecule has 0 aliphatic carbocycles. The van der Waals surface area contributed by atoms with Crippen molar-refractivity contribution in [2.45, 2.75) is 31.3 Å². The highest BCUT2D eigenvalue weighted by atomic mass is 19.4. The van der Waals surface area contributed by atoms with E-state index < -0.39 is 23.8 Å². The fraction of sp³-hybridized carbons (Fsp3) is 0.316. The number of rotatable bonds is 2. The number of alkyl halides is 3. The number of carbonyl (C=O) groups excluding carboxylic acids is 1. The standard InChI is InChI=1S/C19H16F3NO2/c20-19(21,22)15-8-4-7-13-14(15)11-25-16-10-23(18(24)17(13)16)9-12-5-2-1-3-6-12/h1-8,16-17H,9-11H2/t16-,17+/m0/s1. The maximum absolute atomic E-state index is 13.2. The first-order valence-corrected chi connectivity index (χ1v) is 8.08. The summed E-state index contributed by atoms with van der Waals surface area (Å²) in [7, 11) is 0. The molecule has 2 aliphatic rings. The lowest BCUT2D eigenvalue weighted by atomic mass is 9.86. The number of benzene rings is 2. The molecule has 2 heterocycles. The molecule has 2 aliphatic heterocycles. The Morgan fingerprint density at radius 3 is 2.56 bits per heavy atom. The Balaban J connectivity index is 1.66. The van der Waals surface area contributed by atoms with Gasteiger partial charge in [-0.05, 0) is 22.8 Å². The van der Waals surface area contributed by atoms with Gasteiger partial charge in [-0.1, -0.05) is 42.5 Å². The molecule has 2 aromatic rings. The fourth-order valence-electron chi connectivity index (χ4n) is 3.71. The fourth-order valence-corrected chi connectivity index (χ4v) is 3.71. The third-order valence-electron chi connectivity index (χ3n) is 4.86. The van der Waals surface area contributed by atoms with Crippen molar-refractivity contribution in [3.63, 3.8) is 0 Å². The predicted molar refractivity (Wildman–Crippen MR) is 84.6 cm³/mol. The van der Waals surface area contributed by atoms with Crippen molar-refractivity contribution in [2.24, 2.45) is 0 Å². The number of hydrogen-bond donors (Lipinski definition) is 0. The van der Waals surface area contributed by atoms with E-state index in [-0.39, 0.29) is 18.1 Å². The molecule has 0 spiro atoms. The quantitative estimate of drug-likeness (QED) is 0.828. The molecular weight excluding hydrogens is 331 g/mol. The molecule has 0 aromatic heterocycles. The van der Waals surface area contributed by atoms with Crippen molar-refractivity contribution in [3.05, 3.63) is 70.8 Å². The molecule has 0 N–H and O–H groups in total. The van der Waals surface area contributed by atoms with Crippen molar-refractivity contribution in [1.82, 2.24) is 4.90 Å². The molecule has 0 unspecified atom stereocenters. The molecule has 4 rings (SSSR count). The number of hydrogen-bond acceptors (Lipinski definition) is 2. The summed E-state index contributed by atoms with van der Waals surface area (Å²) in [5, 5.41) is 0. The van der Waals surface area contributed by atoms with E-state index in [0.717, 1.165) is 11.6 Å². The molecule has 1 fully saturated rings. The van der Waals surface area contributed by atoms with Crippen LogP contribution in [-0.2, 0) is 28.9 Å². The van der Waals surface area contributed by atoms with Crippen LogP contribution < -0.4 is 0 Å². The molecule has 25 heavy (non-hydrogen) atoms. The van der Waals surface area contributed by atoms with Gasteiger partial charge in [0.15, 0.2) is 0 Å². The Morgan fingerprint density at radius 2 is 1.84 bits per heavy atom. The largest absolute Gasteiger partial charge is 0.416 e. The normalized spacial score (nSPS) is 22.7. The van der Waals surface area contributed by atoms with Gasteiger partial charge in [-0.25, -0.2) is 0 Å². The summed E-state index contributed by atoms with van der Waals surface area (Å²) in [6.45, 7) is 0.719. The highest BCUT2D eigenvalue weighted by Gasteiger charge is 2.47. The summed E-state index contributed by atoms with van der Waals surface area (Å²) in [5.41, 5.74) is 0.814. The summed E-state index contributed by atoms with van der Waals surface area (Å²) >= 11 is 0. The topological polar surface area (TPSA) is 29.5 Å². The second-order valence-electron chi connectivity index (χ2n) is 6.40. The van der Waals surface area contributed by atoms with Crippen molar-refractivity contribution >= 4 is 5.91 Å². The average molecular weight is 347 g/mol. The van der Waals surface area contributed by atoms with Crippen LogP contribution in [0.5, 0.6) is 0 Å². The number of ether oxygens (including phenoxy) is 1. The minimum atomic E-state index is -4.45. The van der Waals surface area contributed by atoms with E-state index in [1.54, 1.807) is 11.0 Å². The van der Waals surface area contributed by atoms with Gasteiger partial charge in [-0.15, -0.1) is 0 Å². The van der Waals surface area contributed by atoms with Crippen LogP contribution in [0.3, 0.4) is 0 Å². The van der Waals surface area contributed by atoms with Crippen LogP contribution in [0.15, 0.2) is 48.5 Å². The lowest BCUT2D eigenvalue weighted by molar-refractivity contribution is -0.140. The van der Waals surface area contributed by atoms with Crippen LogP contribution in [0.1, 0.15) is 28.2 Å². The summed E-state index contributed by atoms with van der Waals surface area (Å²) < 4.78 is 45.3.